The van der Waals surface area contributed by atoms with Crippen molar-refractivity contribution < 1.29 is 29.4 Å². The van der Waals surface area contributed by atoms with Crippen LogP contribution in [0.2, 0.25) is 0 Å². The first kappa shape index (κ1) is 27.9. The number of aromatic hydroxyl groups is 1. The van der Waals surface area contributed by atoms with Gasteiger partial charge in [0.25, 0.3) is 11.4 Å². The number of ether oxygens (including phenoxy) is 1. The summed E-state index contributed by atoms with van der Waals surface area (Å²) in [6.07, 6.45) is 5.64. The van der Waals surface area contributed by atoms with Crippen molar-refractivity contribution in [3.05, 3.63) is 83.9 Å². The third kappa shape index (κ3) is 7.56. The maximum absolute atomic E-state index is 12.0. The van der Waals surface area contributed by atoms with E-state index in [0.29, 0.717) is 24.7 Å². The first-order valence-electron chi connectivity index (χ1n) is 10.9. The lowest BCUT2D eigenvalue weighted by Gasteiger charge is -2.33. The van der Waals surface area contributed by atoms with Gasteiger partial charge < -0.3 is 9.84 Å². The molecule has 13 nitrogen and oxygen atoms in total. The summed E-state index contributed by atoms with van der Waals surface area (Å²) in [6.45, 7) is 3.96. The Bertz CT molecular complexity index is 1120. The molecule has 1 atom stereocenters. The lowest BCUT2D eigenvalue weighted by molar-refractivity contribution is -0.404. The Balaban J connectivity index is 0.000000261. The van der Waals surface area contributed by atoms with Gasteiger partial charge in [0.05, 0.1) is 39.6 Å². The molecule has 2 aromatic rings. The minimum absolute atomic E-state index is 0.230. The van der Waals surface area contributed by atoms with Gasteiger partial charge in [-0.25, -0.2) is 4.79 Å². The van der Waals surface area contributed by atoms with Gasteiger partial charge in [0, 0.05) is 12.6 Å². The molecule has 1 N–H and O–H groups in total. The maximum Gasteiger partial charge on any atom is 0.335 e. The number of benzene rings is 2. The molecule has 0 radical (unpaired) electrons. The van der Waals surface area contributed by atoms with E-state index < -0.39 is 37.6 Å². The Hall–Kier alpha value is -4.39. The fourth-order valence-corrected chi connectivity index (χ4v) is 3.64. The van der Waals surface area contributed by atoms with E-state index in [0.717, 1.165) is 17.7 Å². The van der Waals surface area contributed by atoms with Crippen LogP contribution in [0, 0.1) is 30.3 Å². The second-order valence-corrected chi connectivity index (χ2v) is 7.99. The molecule has 0 amide bonds. The average Bonchev–Trinajstić information content (AvgIpc) is 2.85. The Morgan fingerprint density at radius 2 is 1.64 bits per heavy atom. The van der Waals surface area contributed by atoms with Gasteiger partial charge in [0.15, 0.2) is 0 Å². The van der Waals surface area contributed by atoms with E-state index in [-0.39, 0.29) is 5.97 Å². The van der Waals surface area contributed by atoms with E-state index in [2.05, 4.69) is 11.8 Å². The smallest absolute Gasteiger partial charge is 0.335 e. The van der Waals surface area contributed by atoms with Crippen LogP contribution < -0.4 is 0 Å². The van der Waals surface area contributed by atoms with Crippen LogP contribution in [-0.4, -0.2) is 57.0 Å². The minimum atomic E-state index is -1.21. The van der Waals surface area contributed by atoms with Crippen LogP contribution in [0.3, 0.4) is 0 Å². The Kier molecular flexibility index (Phi) is 9.98. The van der Waals surface area contributed by atoms with E-state index in [9.17, 15) is 35.1 Å². The predicted octanol–water partition coefficient (Wildman–Crippen LogP) is 4.23. The van der Waals surface area contributed by atoms with Crippen molar-refractivity contribution in [2.24, 2.45) is 0 Å². The van der Waals surface area contributed by atoms with Crippen molar-refractivity contribution in [2.75, 3.05) is 20.2 Å². The molecule has 1 saturated heterocycles. The lowest BCUT2D eigenvalue weighted by atomic mass is 10.0. The first-order valence-corrected chi connectivity index (χ1v) is 10.9. The third-order valence-electron chi connectivity index (χ3n) is 5.56. The van der Waals surface area contributed by atoms with Crippen molar-refractivity contribution >= 4 is 29.1 Å². The number of rotatable bonds is 7. The van der Waals surface area contributed by atoms with E-state index in [4.69, 9.17) is 9.84 Å². The summed E-state index contributed by atoms with van der Waals surface area (Å²) in [4.78, 5) is 42.1. The lowest BCUT2D eigenvalue weighted by Crippen LogP contribution is -2.39. The molecular weight excluding hydrogens is 476 g/mol. The number of methoxy groups -OCH3 is 1. The summed E-state index contributed by atoms with van der Waals surface area (Å²) in [7, 11) is 1.45. The topological polar surface area (TPSA) is 179 Å². The molecule has 1 fully saturated rings. The Morgan fingerprint density at radius 1 is 1.06 bits per heavy atom. The monoisotopic (exact) mass is 502 g/mol. The fourth-order valence-electron chi connectivity index (χ4n) is 3.64. The molecule has 1 unspecified atom stereocenters. The molecule has 0 saturated carbocycles. The number of piperidine rings is 1. The van der Waals surface area contributed by atoms with Gasteiger partial charge in [-0.15, -0.1) is 0 Å². The zero-order valence-corrected chi connectivity index (χ0v) is 19.7. The molecule has 0 bridgehead atoms. The predicted molar refractivity (Wildman–Crippen MR) is 129 cm³/mol. The number of phenolic OH excluding ortho intramolecular Hbond substituents is 1. The van der Waals surface area contributed by atoms with E-state index in [1.54, 1.807) is 0 Å². The number of nitro benzene ring substituents is 3. The summed E-state index contributed by atoms with van der Waals surface area (Å²) in [5.74, 6) is -1.44. The highest BCUT2D eigenvalue weighted by atomic mass is 16.6. The summed E-state index contributed by atoms with van der Waals surface area (Å²) in [6, 6.07) is 11.4. The molecule has 3 rings (SSSR count). The summed E-state index contributed by atoms with van der Waals surface area (Å²) in [5, 5.41) is 40.2. The normalized spacial score (nSPS) is 15.8. The largest absolute Gasteiger partial charge is 0.497 e. The van der Waals surface area contributed by atoms with Crippen molar-refractivity contribution in [2.45, 2.75) is 32.2 Å². The molecule has 36 heavy (non-hydrogen) atoms. The quantitative estimate of drug-likeness (QED) is 0.249. The SMILES string of the molecule is COC(=O)C(=Cc1ccccc1)CN1CCCCC1C.O=[N+]([O-])c1cc([N+](=O)[O-])c(O)c([N+](=O)[O-])c1. The van der Waals surface area contributed by atoms with E-state index >= 15 is 0 Å². The van der Waals surface area contributed by atoms with Crippen molar-refractivity contribution in [3.63, 3.8) is 0 Å². The highest BCUT2D eigenvalue weighted by Gasteiger charge is 2.30. The third-order valence-corrected chi connectivity index (χ3v) is 5.56. The zero-order chi connectivity index (χ0) is 26.8. The molecule has 13 heteroatoms. The molecule has 1 aliphatic heterocycles. The number of phenols is 1. The molecule has 0 aromatic heterocycles. The van der Waals surface area contributed by atoms with Gasteiger partial charge in [-0.1, -0.05) is 36.8 Å². The molecule has 0 aliphatic carbocycles. The zero-order valence-electron chi connectivity index (χ0n) is 19.7. The molecular formula is C23H26N4O9. The average molecular weight is 502 g/mol. The van der Waals surface area contributed by atoms with E-state index in [1.807, 2.05) is 36.4 Å². The molecule has 0 spiro atoms. The Morgan fingerprint density at radius 3 is 2.11 bits per heavy atom. The maximum atomic E-state index is 12.0. The second kappa shape index (κ2) is 12.9. The number of likely N-dealkylation sites (tertiary alicyclic amines) is 1. The number of hydrogen-bond donors (Lipinski definition) is 1. The summed E-state index contributed by atoms with van der Waals surface area (Å²) in [5.41, 5.74) is -1.23. The van der Waals surface area contributed by atoms with Crippen LogP contribution in [0.4, 0.5) is 17.1 Å². The summed E-state index contributed by atoms with van der Waals surface area (Å²) >= 11 is 0. The van der Waals surface area contributed by atoms with Crippen LogP contribution in [0.25, 0.3) is 6.08 Å². The van der Waals surface area contributed by atoms with Gasteiger partial charge in [-0.3, -0.25) is 35.2 Å². The Labute approximate surface area is 206 Å². The van der Waals surface area contributed by atoms with Crippen molar-refractivity contribution in [1.82, 2.24) is 4.90 Å². The second-order valence-electron chi connectivity index (χ2n) is 7.99. The summed E-state index contributed by atoms with van der Waals surface area (Å²) < 4.78 is 4.93. The fraction of sp³-hybridized carbons (Fsp3) is 0.348. The highest BCUT2D eigenvalue weighted by Crippen LogP contribution is 2.38. The van der Waals surface area contributed by atoms with Crippen LogP contribution in [0.15, 0.2) is 48.0 Å². The van der Waals surface area contributed by atoms with Crippen LogP contribution in [0.5, 0.6) is 5.75 Å². The van der Waals surface area contributed by atoms with Crippen molar-refractivity contribution in [1.29, 1.82) is 0 Å². The standard InChI is InChI=1S/C17H23NO2.C6H3N3O7/c1-14-8-6-7-11-18(14)13-16(17(19)20-2)12-15-9-4-3-5-10-15;10-6-4(8(13)14)1-3(7(11)12)2-5(6)9(15)16/h3-5,9-10,12,14H,6-8,11,13H2,1-2H3;1-2,10H. The van der Waals surface area contributed by atoms with Crippen LogP contribution >= 0.6 is 0 Å². The molecule has 1 aliphatic rings. The molecule has 2 aromatic carbocycles. The van der Waals surface area contributed by atoms with Gasteiger partial charge in [-0.05, 0) is 37.9 Å². The van der Waals surface area contributed by atoms with Gasteiger partial charge in [0.2, 0.25) is 0 Å². The number of nitrogens with zero attached hydrogens (tertiary/aromatic N) is 4. The van der Waals surface area contributed by atoms with Crippen LogP contribution in [-0.2, 0) is 9.53 Å². The highest BCUT2D eigenvalue weighted by molar-refractivity contribution is 5.94. The van der Waals surface area contributed by atoms with Gasteiger partial charge >= 0.3 is 17.3 Å². The van der Waals surface area contributed by atoms with Crippen molar-refractivity contribution in [3.8, 4) is 5.75 Å². The number of carbonyl (C=O) groups excluding carboxylic acids is 1. The number of non-ortho nitro benzene ring substituents is 1. The van der Waals surface area contributed by atoms with Gasteiger partial charge in [-0.2, -0.15) is 0 Å². The molecule has 192 valence electrons. The van der Waals surface area contributed by atoms with Gasteiger partial charge in [0.1, 0.15) is 0 Å². The number of carbonyl (C=O) groups is 1. The first-order chi connectivity index (χ1) is 17.0. The van der Waals surface area contributed by atoms with Crippen LogP contribution in [0.1, 0.15) is 31.7 Å². The number of hydrogen-bond acceptors (Lipinski definition) is 10. The number of esters is 1. The minimum Gasteiger partial charge on any atom is -0.497 e. The molecule has 1 heterocycles. The number of nitro groups is 3. The van der Waals surface area contributed by atoms with E-state index in [1.165, 1.54) is 26.4 Å².